The van der Waals surface area contributed by atoms with Gasteiger partial charge >= 0.3 is 0 Å². The summed E-state index contributed by atoms with van der Waals surface area (Å²) in [6.07, 6.45) is 1.89. The van der Waals surface area contributed by atoms with Crippen LogP contribution in [0.3, 0.4) is 0 Å². The number of para-hydroxylation sites is 1. The first-order valence-electron chi connectivity index (χ1n) is 6.20. The van der Waals surface area contributed by atoms with E-state index >= 15 is 0 Å². The van der Waals surface area contributed by atoms with E-state index in [9.17, 15) is 0 Å². The second-order valence-corrected chi connectivity index (χ2v) is 6.59. The quantitative estimate of drug-likeness (QED) is 0.665. The second-order valence-electron chi connectivity index (χ2n) is 4.68. The van der Waals surface area contributed by atoms with Crippen molar-refractivity contribution in [2.24, 2.45) is 5.84 Å². The summed E-state index contributed by atoms with van der Waals surface area (Å²) < 4.78 is 7.11. The molecule has 19 heavy (non-hydrogen) atoms. The fourth-order valence-corrected chi connectivity index (χ4v) is 3.92. The lowest BCUT2D eigenvalue weighted by Gasteiger charge is -2.21. The van der Waals surface area contributed by atoms with Crippen LogP contribution in [0.5, 0.6) is 5.75 Å². The van der Waals surface area contributed by atoms with E-state index in [2.05, 4.69) is 38.9 Å². The molecule has 3 N–H and O–H groups in total. The molecule has 2 atom stereocenters. The van der Waals surface area contributed by atoms with Crippen LogP contribution in [0.4, 0.5) is 0 Å². The SMILES string of the molecule is NNC(Cc1cc(Br)cs1)C1Cc2ccccc2O1. The minimum absolute atomic E-state index is 0.100. The van der Waals surface area contributed by atoms with Gasteiger partial charge in [-0.2, -0.15) is 0 Å². The zero-order valence-corrected chi connectivity index (χ0v) is 12.7. The largest absolute Gasteiger partial charge is 0.488 e. The molecule has 2 unspecified atom stereocenters. The van der Waals surface area contributed by atoms with Crippen LogP contribution < -0.4 is 16.0 Å². The lowest BCUT2D eigenvalue weighted by Crippen LogP contribution is -2.47. The highest BCUT2D eigenvalue weighted by Crippen LogP contribution is 2.31. The summed E-state index contributed by atoms with van der Waals surface area (Å²) >= 11 is 5.22. The van der Waals surface area contributed by atoms with Crippen LogP contribution >= 0.6 is 27.3 Å². The van der Waals surface area contributed by atoms with Gasteiger partial charge in [0.1, 0.15) is 11.9 Å². The predicted octanol–water partition coefficient (Wildman–Crippen LogP) is 2.89. The van der Waals surface area contributed by atoms with Gasteiger partial charge in [0.2, 0.25) is 0 Å². The molecule has 100 valence electrons. The van der Waals surface area contributed by atoms with Gasteiger partial charge in [-0.25, -0.2) is 0 Å². The molecule has 1 aliphatic rings. The fourth-order valence-electron chi connectivity index (χ4n) is 2.41. The number of nitrogens with one attached hydrogen (secondary N) is 1. The van der Waals surface area contributed by atoms with Crippen LogP contribution in [0.1, 0.15) is 10.4 Å². The van der Waals surface area contributed by atoms with Gasteiger partial charge in [0.05, 0.1) is 6.04 Å². The molecule has 0 aliphatic carbocycles. The Morgan fingerprint density at radius 1 is 1.47 bits per heavy atom. The standard InChI is InChI=1S/C14H15BrN2OS/c15-10-6-11(19-8-10)7-12(17-16)14-5-9-3-1-2-4-13(9)18-14/h1-4,6,8,12,14,17H,5,7,16H2. The van der Waals surface area contributed by atoms with Crippen LogP contribution in [0, 0.1) is 0 Å². The van der Waals surface area contributed by atoms with Gasteiger partial charge in [-0.1, -0.05) is 18.2 Å². The smallest absolute Gasteiger partial charge is 0.123 e. The Balaban J connectivity index is 1.71. The predicted molar refractivity (Wildman–Crippen MR) is 81.4 cm³/mol. The van der Waals surface area contributed by atoms with Crippen molar-refractivity contribution in [3.8, 4) is 5.75 Å². The van der Waals surface area contributed by atoms with Crippen LogP contribution in [0.25, 0.3) is 0 Å². The molecule has 1 aromatic heterocycles. The van der Waals surface area contributed by atoms with Gasteiger partial charge in [-0.05, 0) is 33.6 Å². The van der Waals surface area contributed by atoms with E-state index in [1.807, 2.05) is 18.2 Å². The molecule has 0 bridgehead atoms. The number of thiophene rings is 1. The van der Waals surface area contributed by atoms with Gasteiger partial charge in [-0.3, -0.25) is 11.3 Å². The van der Waals surface area contributed by atoms with Crippen molar-refractivity contribution in [1.82, 2.24) is 5.43 Å². The van der Waals surface area contributed by atoms with Gasteiger partial charge < -0.3 is 4.74 Å². The third kappa shape index (κ3) is 2.84. The molecule has 1 aliphatic heterocycles. The van der Waals surface area contributed by atoms with Gasteiger partial charge in [0, 0.05) is 27.6 Å². The number of rotatable bonds is 4. The Labute approximate surface area is 124 Å². The molecule has 5 heteroatoms. The summed E-state index contributed by atoms with van der Waals surface area (Å²) in [7, 11) is 0. The Morgan fingerprint density at radius 2 is 2.32 bits per heavy atom. The molecule has 0 fully saturated rings. The average Bonchev–Trinajstić information content (AvgIpc) is 3.01. The van der Waals surface area contributed by atoms with Crippen molar-refractivity contribution >= 4 is 27.3 Å². The van der Waals surface area contributed by atoms with E-state index in [0.29, 0.717) is 0 Å². The van der Waals surface area contributed by atoms with Crippen LogP contribution in [-0.4, -0.2) is 12.1 Å². The maximum atomic E-state index is 5.99. The normalized spacial score (nSPS) is 18.9. The molecule has 0 saturated carbocycles. The number of benzene rings is 1. The minimum Gasteiger partial charge on any atom is -0.488 e. The molecule has 2 aromatic rings. The third-order valence-corrected chi connectivity index (χ3v) is 5.10. The van der Waals surface area contributed by atoms with E-state index in [1.165, 1.54) is 10.4 Å². The van der Waals surface area contributed by atoms with Crippen molar-refractivity contribution in [2.45, 2.75) is 25.0 Å². The number of fused-ring (bicyclic) bond motifs is 1. The number of halogens is 1. The van der Waals surface area contributed by atoms with Crippen LogP contribution in [0.2, 0.25) is 0 Å². The Morgan fingerprint density at radius 3 is 3.00 bits per heavy atom. The summed E-state index contributed by atoms with van der Waals surface area (Å²) in [5.74, 6) is 6.69. The Hall–Kier alpha value is -0.880. The lowest BCUT2D eigenvalue weighted by atomic mass is 10.0. The number of ether oxygens (including phenoxy) is 1. The molecular weight excluding hydrogens is 324 g/mol. The molecule has 0 radical (unpaired) electrons. The topological polar surface area (TPSA) is 47.3 Å². The molecule has 0 saturated heterocycles. The first-order chi connectivity index (χ1) is 9.26. The first-order valence-corrected chi connectivity index (χ1v) is 7.87. The van der Waals surface area contributed by atoms with Crippen molar-refractivity contribution in [2.75, 3.05) is 0 Å². The second kappa shape index (κ2) is 5.63. The molecule has 0 spiro atoms. The first kappa shape index (κ1) is 13.1. The van der Waals surface area contributed by atoms with Crippen molar-refractivity contribution in [3.05, 3.63) is 50.6 Å². The van der Waals surface area contributed by atoms with Crippen LogP contribution in [-0.2, 0) is 12.8 Å². The lowest BCUT2D eigenvalue weighted by molar-refractivity contribution is 0.178. The van der Waals surface area contributed by atoms with E-state index in [4.69, 9.17) is 10.6 Å². The van der Waals surface area contributed by atoms with E-state index in [1.54, 1.807) is 11.3 Å². The van der Waals surface area contributed by atoms with Gasteiger partial charge in [0.15, 0.2) is 0 Å². The molecule has 2 heterocycles. The Kier molecular flexibility index (Phi) is 3.88. The molecule has 3 nitrogen and oxygen atoms in total. The number of hydrazine groups is 1. The summed E-state index contributed by atoms with van der Waals surface area (Å²) in [6.45, 7) is 0. The van der Waals surface area contributed by atoms with Crippen molar-refractivity contribution < 1.29 is 4.74 Å². The van der Waals surface area contributed by atoms with Gasteiger partial charge in [0.25, 0.3) is 0 Å². The molecule has 3 rings (SSSR count). The maximum absolute atomic E-state index is 5.99. The zero-order valence-electron chi connectivity index (χ0n) is 10.3. The number of nitrogens with two attached hydrogens (primary N) is 1. The monoisotopic (exact) mass is 338 g/mol. The highest BCUT2D eigenvalue weighted by molar-refractivity contribution is 9.10. The van der Waals surface area contributed by atoms with Crippen molar-refractivity contribution in [3.63, 3.8) is 0 Å². The summed E-state index contributed by atoms with van der Waals surface area (Å²) in [5, 5.41) is 2.09. The van der Waals surface area contributed by atoms with Gasteiger partial charge in [-0.15, -0.1) is 11.3 Å². The zero-order chi connectivity index (χ0) is 13.2. The number of hydrogen-bond donors (Lipinski definition) is 2. The third-order valence-electron chi connectivity index (χ3n) is 3.38. The molecular formula is C14H15BrN2OS. The highest BCUT2D eigenvalue weighted by atomic mass is 79.9. The summed E-state index contributed by atoms with van der Waals surface area (Å²) in [5.41, 5.74) is 4.17. The van der Waals surface area contributed by atoms with E-state index in [-0.39, 0.29) is 12.1 Å². The van der Waals surface area contributed by atoms with E-state index in [0.717, 1.165) is 23.1 Å². The maximum Gasteiger partial charge on any atom is 0.123 e. The Bertz CT molecular complexity index is 547. The molecule has 1 aromatic carbocycles. The highest BCUT2D eigenvalue weighted by Gasteiger charge is 2.29. The minimum atomic E-state index is 0.100. The fraction of sp³-hybridized carbons (Fsp3) is 0.286. The summed E-state index contributed by atoms with van der Waals surface area (Å²) in [6, 6.07) is 10.4. The van der Waals surface area contributed by atoms with Crippen LogP contribution in [0.15, 0.2) is 40.2 Å². The molecule has 0 amide bonds. The van der Waals surface area contributed by atoms with Crippen molar-refractivity contribution in [1.29, 1.82) is 0 Å². The average molecular weight is 339 g/mol. The summed E-state index contributed by atoms with van der Waals surface area (Å²) in [4.78, 5) is 1.30. The van der Waals surface area contributed by atoms with E-state index < -0.39 is 0 Å². The number of hydrogen-bond acceptors (Lipinski definition) is 4.